The van der Waals surface area contributed by atoms with Crippen LogP contribution in [0.5, 0.6) is 0 Å². The summed E-state index contributed by atoms with van der Waals surface area (Å²) in [6.45, 7) is 5.15. The molecule has 2 aliphatic rings. The molecule has 0 aromatic rings. The molecule has 0 spiro atoms. The lowest BCUT2D eigenvalue weighted by molar-refractivity contribution is 0.140. The van der Waals surface area contributed by atoms with Crippen molar-refractivity contribution >= 4 is 22.6 Å². The maximum atomic E-state index is 3.43. The molecule has 2 rings (SSSR count). The number of nitrogens with zero attached hydrogens (tertiary/aromatic N) is 1. The lowest BCUT2D eigenvalue weighted by atomic mass is 10.0. The van der Waals surface area contributed by atoms with Crippen molar-refractivity contribution in [2.45, 2.75) is 35.6 Å². The minimum atomic E-state index is 0.894. The zero-order valence-corrected chi connectivity index (χ0v) is 10.3. The van der Waals surface area contributed by atoms with Crippen LogP contribution in [-0.4, -0.2) is 41.0 Å². The van der Waals surface area contributed by atoms with Gasteiger partial charge in [-0.2, -0.15) is 0 Å². The van der Waals surface area contributed by atoms with E-state index in [-0.39, 0.29) is 0 Å². The van der Waals surface area contributed by atoms with Crippen LogP contribution in [0.1, 0.15) is 25.7 Å². The highest BCUT2D eigenvalue weighted by Crippen LogP contribution is 2.22. The maximum absolute atomic E-state index is 3.43. The molecule has 2 saturated heterocycles. The quantitative estimate of drug-likeness (QED) is 0.584. The van der Waals surface area contributed by atoms with Gasteiger partial charge in [-0.3, -0.25) is 0 Å². The van der Waals surface area contributed by atoms with E-state index in [1.165, 1.54) is 51.9 Å². The van der Waals surface area contributed by atoms with E-state index in [0.717, 1.165) is 9.97 Å². The van der Waals surface area contributed by atoms with Gasteiger partial charge in [0, 0.05) is 9.97 Å². The van der Waals surface area contributed by atoms with Crippen LogP contribution in [0.25, 0.3) is 0 Å². The molecular formula is C10H19IN2. The third kappa shape index (κ3) is 2.80. The topological polar surface area (TPSA) is 15.3 Å². The number of halogens is 1. The molecule has 76 valence electrons. The Balaban J connectivity index is 1.79. The Labute approximate surface area is 94.6 Å². The molecule has 0 aromatic heterocycles. The smallest absolute Gasteiger partial charge is 0.0134 e. The molecule has 0 saturated carbocycles. The number of hydrogen-bond donors (Lipinski definition) is 1. The second-order valence-electron chi connectivity index (χ2n) is 4.19. The van der Waals surface area contributed by atoms with Crippen LogP contribution in [0.3, 0.4) is 0 Å². The van der Waals surface area contributed by atoms with E-state index in [4.69, 9.17) is 0 Å². The van der Waals surface area contributed by atoms with Crippen LogP contribution in [0.2, 0.25) is 0 Å². The fourth-order valence-corrected chi connectivity index (χ4v) is 2.96. The molecule has 2 heterocycles. The molecular weight excluding hydrogens is 275 g/mol. The number of hydrogen-bond acceptors (Lipinski definition) is 2. The van der Waals surface area contributed by atoms with E-state index in [1.807, 2.05) is 0 Å². The second kappa shape index (κ2) is 4.94. The third-order valence-electron chi connectivity index (χ3n) is 3.28. The summed E-state index contributed by atoms with van der Waals surface area (Å²) < 4.78 is 0.940. The summed E-state index contributed by atoms with van der Waals surface area (Å²) in [4.78, 5) is 2.72. The van der Waals surface area contributed by atoms with Crippen molar-refractivity contribution in [2.24, 2.45) is 0 Å². The number of piperidine rings is 2. The summed E-state index contributed by atoms with van der Waals surface area (Å²) in [7, 11) is 0. The molecule has 1 N–H and O–H groups in total. The average Bonchev–Trinajstić information content (AvgIpc) is 2.20. The van der Waals surface area contributed by atoms with Crippen LogP contribution < -0.4 is 5.32 Å². The molecule has 0 aliphatic carbocycles. The lowest BCUT2D eigenvalue weighted by Gasteiger charge is -2.38. The zero-order valence-electron chi connectivity index (χ0n) is 8.14. The van der Waals surface area contributed by atoms with Crippen LogP contribution >= 0.6 is 22.6 Å². The number of nitrogens with one attached hydrogen (secondary N) is 1. The summed E-state index contributed by atoms with van der Waals surface area (Å²) in [5.41, 5.74) is 0. The second-order valence-corrected chi connectivity index (χ2v) is 5.95. The zero-order chi connectivity index (χ0) is 9.10. The van der Waals surface area contributed by atoms with Crippen LogP contribution in [-0.2, 0) is 0 Å². The Morgan fingerprint density at radius 3 is 2.23 bits per heavy atom. The predicted octanol–water partition coefficient (Wildman–Crippen LogP) is 1.64. The van der Waals surface area contributed by atoms with E-state index in [0.29, 0.717) is 0 Å². The van der Waals surface area contributed by atoms with Gasteiger partial charge in [0.1, 0.15) is 0 Å². The first kappa shape index (κ1) is 10.2. The standard InChI is InChI=1S/C10H19IN2/c11-9-3-7-13(8-4-9)10-1-5-12-6-2-10/h9-10,12H,1-8H2. The molecule has 13 heavy (non-hydrogen) atoms. The number of alkyl halides is 1. The van der Waals surface area contributed by atoms with Gasteiger partial charge in [0.05, 0.1) is 0 Å². The molecule has 0 unspecified atom stereocenters. The van der Waals surface area contributed by atoms with Crippen LogP contribution in [0.4, 0.5) is 0 Å². The maximum Gasteiger partial charge on any atom is 0.0134 e. The molecule has 0 atom stereocenters. The summed E-state index contributed by atoms with van der Waals surface area (Å²) in [5, 5.41) is 3.43. The van der Waals surface area contributed by atoms with Crippen molar-refractivity contribution in [3.8, 4) is 0 Å². The van der Waals surface area contributed by atoms with E-state index >= 15 is 0 Å². The summed E-state index contributed by atoms with van der Waals surface area (Å²) in [6, 6.07) is 0.894. The van der Waals surface area contributed by atoms with Gasteiger partial charge in [0.15, 0.2) is 0 Å². The van der Waals surface area contributed by atoms with E-state index in [1.54, 1.807) is 0 Å². The van der Waals surface area contributed by atoms with Gasteiger partial charge in [-0.1, -0.05) is 22.6 Å². The van der Waals surface area contributed by atoms with Gasteiger partial charge in [-0.25, -0.2) is 0 Å². The molecule has 0 bridgehead atoms. The molecule has 0 amide bonds. The van der Waals surface area contributed by atoms with Gasteiger partial charge in [-0.15, -0.1) is 0 Å². The van der Waals surface area contributed by atoms with E-state index in [2.05, 4.69) is 32.8 Å². The van der Waals surface area contributed by atoms with Crippen LogP contribution in [0, 0.1) is 0 Å². The molecule has 0 radical (unpaired) electrons. The summed E-state index contributed by atoms with van der Waals surface area (Å²) >= 11 is 2.60. The van der Waals surface area contributed by atoms with E-state index in [9.17, 15) is 0 Å². The molecule has 0 aromatic carbocycles. The third-order valence-corrected chi connectivity index (χ3v) is 4.53. The van der Waals surface area contributed by atoms with Crippen molar-refractivity contribution < 1.29 is 0 Å². The summed E-state index contributed by atoms with van der Waals surface area (Å²) in [6.07, 6.45) is 5.55. The highest BCUT2D eigenvalue weighted by molar-refractivity contribution is 14.1. The fraction of sp³-hybridized carbons (Fsp3) is 1.00. The lowest BCUT2D eigenvalue weighted by Crippen LogP contribution is -2.46. The first-order chi connectivity index (χ1) is 6.36. The van der Waals surface area contributed by atoms with Gasteiger partial charge >= 0.3 is 0 Å². The largest absolute Gasteiger partial charge is 0.317 e. The van der Waals surface area contributed by atoms with Crippen molar-refractivity contribution in [3.05, 3.63) is 0 Å². The first-order valence-electron chi connectivity index (χ1n) is 5.45. The van der Waals surface area contributed by atoms with Gasteiger partial charge in [0.25, 0.3) is 0 Å². The Morgan fingerprint density at radius 2 is 1.62 bits per heavy atom. The van der Waals surface area contributed by atoms with Crippen molar-refractivity contribution in [2.75, 3.05) is 26.2 Å². The van der Waals surface area contributed by atoms with Gasteiger partial charge < -0.3 is 10.2 Å². The first-order valence-corrected chi connectivity index (χ1v) is 6.69. The minimum Gasteiger partial charge on any atom is -0.317 e. The molecule has 2 fully saturated rings. The monoisotopic (exact) mass is 294 g/mol. The van der Waals surface area contributed by atoms with Gasteiger partial charge in [-0.05, 0) is 51.9 Å². The Hall–Kier alpha value is 0.650. The average molecular weight is 294 g/mol. The minimum absolute atomic E-state index is 0.894. The van der Waals surface area contributed by atoms with Crippen molar-refractivity contribution in [1.29, 1.82) is 0 Å². The predicted molar refractivity (Wildman–Crippen MR) is 64.5 cm³/mol. The van der Waals surface area contributed by atoms with Crippen LogP contribution in [0.15, 0.2) is 0 Å². The molecule has 3 heteroatoms. The van der Waals surface area contributed by atoms with Crippen molar-refractivity contribution in [1.82, 2.24) is 10.2 Å². The fourth-order valence-electron chi connectivity index (χ4n) is 2.40. The Morgan fingerprint density at radius 1 is 1.00 bits per heavy atom. The molecule has 2 nitrogen and oxygen atoms in total. The normalized spacial score (nSPS) is 29.3. The SMILES string of the molecule is IC1CCN(C2CCNCC2)CC1. The van der Waals surface area contributed by atoms with E-state index < -0.39 is 0 Å². The Kier molecular flexibility index (Phi) is 3.86. The van der Waals surface area contributed by atoms with Crippen molar-refractivity contribution in [3.63, 3.8) is 0 Å². The Bertz CT molecular complexity index is 149. The van der Waals surface area contributed by atoms with Gasteiger partial charge in [0.2, 0.25) is 0 Å². The highest BCUT2D eigenvalue weighted by atomic mass is 127. The number of rotatable bonds is 1. The summed E-state index contributed by atoms with van der Waals surface area (Å²) in [5.74, 6) is 0. The highest BCUT2D eigenvalue weighted by Gasteiger charge is 2.24. The molecule has 2 aliphatic heterocycles. The number of likely N-dealkylation sites (tertiary alicyclic amines) is 1.